The Morgan fingerprint density at radius 3 is 2.83 bits per heavy atom. The van der Waals surface area contributed by atoms with Gasteiger partial charge in [0.15, 0.2) is 0 Å². The fraction of sp³-hybridized carbons (Fsp3) is 0.474. The number of likely N-dealkylation sites (tertiary alicyclic amines) is 1. The van der Waals surface area contributed by atoms with Crippen molar-refractivity contribution in [3.05, 3.63) is 58.5 Å². The maximum atomic E-state index is 12.5. The Hall–Kier alpha value is -2.14. The third-order valence-corrected chi connectivity index (χ3v) is 5.33. The first-order valence-corrected chi connectivity index (χ1v) is 8.77. The van der Waals surface area contributed by atoms with Crippen LogP contribution in [0, 0.1) is 5.92 Å². The summed E-state index contributed by atoms with van der Waals surface area (Å²) in [6, 6.07) is 12.3. The molecule has 1 aromatic heterocycles. The summed E-state index contributed by atoms with van der Waals surface area (Å²) in [4.78, 5) is 17.3. The molecule has 2 aliphatic heterocycles. The summed E-state index contributed by atoms with van der Waals surface area (Å²) in [5, 5.41) is 4.43. The molecule has 0 bridgehead atoms. The summed E-state index contributed by atoms with van der Waals surface area (Å²) in [5.41, 5.74) is 2.05. The van der Waals surface area contributed by atoms with Gasteiger partial charge < -0.3 is 9.80 Å². The molecule has 126 valence electrons. The van der Waals surface area contributed by atoms with E-state index < -0.39 is 0 Å². The van der Waals surface area contributed by atoms with Crippen molar-refractivity contribution in [3.8, 4) is 0 Å². The SMILES string of the molecule is CN1C[C@@H]2CCCN(c3cnn(Cc4ccccc4)c(=O)c3)[C@@H]2C1. The molecule has 2 aromatic rings. The smallest absolute Gasteiger partial charge is 0.269 e. The van der Waals surface area contributed by atoms with Crippen molar-refractivity contribution in [2.45, 2.75) is 25.4 Å². The molecule has 0 N–H and O–H groups in total. The highest BCUT2D eigenvalue weighted by atomic mass is 16.1. The van der Waals surface area contributed by atoms with Gasteiger partial charge in [0.25, 0.3) is 5.56 Å². The third kappa shape index (κ3) is 2.96. The maximum absolute atomic E-state index is 12.5. The van der Waals surface area contributed by atoms with Crippen molar-refractivity contribution in [3.63, 3.8) is 0 Å². The number of likely N-dealkylation sites (N-methyl/N-ethyl adjacent to an activating group) is 1. The van der Waals surface area contributed by atoms with Crippen LogP contribution in [-0.2, 0) is 6.54 Å². The van der Waals surface area contributed by atoms with Crippen LogP contribution in [0.15, 0.2) is 47.4 Å². The average Bonchev–Trinajstić information content (AvgIpc) is 2.98. The zero-order chi connectivity index (χ0) is 16.5. The van der Waals surface area contributed by atoms with Gasteiger partial charge >= 0.3 is 0 Å². The lowest BCUT2D eigenvalue weighted by Gasteiger charge is -2.38. The number of hydrogen-bond donors (Lipinski definition) is 0. The monoisotopic (exact) mass is 324 g/mol. The summed E-state index contributed by atoms with van der Waals surface area (Å²) in [7, 11) is 2.19. The highest BCUT2D eigenvalue weighted by Crippen LogP contribution is 2.32. The summed E-state index contributed by atoms with van der Waals surface area (Å²) in [6.07, 6.45) is 4.36. The van der Waals surface area contributed by atoms with Gasteiger partial charge in [-0.15, -0.1) is 0 Å². The van der Waals surface area contributed by atoms with E-state index in [0.29, 0.717) is 12.6 Å². The summed E-state index contributed by atoms with van der Waals surface area (Å²) in [5.74, 6) is 0.718. The second kappa shape index (κ2) is 6.40. The van der Waals surface area contributed by atoms with Crippen LogP contribution in [0.2, 0.25) is 0 Å². The Morgan fingerprint density at radius 1 is 1.21 bits per heavy atom. The molecular weight excluding hydrogens is 300 g/mol. The lowest BCUT2D eigenvalue weighted by atomic mass is 9.92. The first kappa shape index (κ1) is 15.4. The van der Waals surface area contributed by atoms with Crippen molar-refractivity contribution >= 4 is 5.69 Å². The largest absolute Gasteiger partial charge is 0.365 e. The highest BCUT2D eigenvalue weighted by Gasteiger charge is 2.37. The molecule has 0 unspecified atom stereocenters. The molecule has 5 nitrogen and oxygen atoms in total. The normalized spacial score (nSPS) is 24.1. The van der Waals surface area contributed by atoms with E-state index >= 15 is 0 Å². The number of fused-ring (bicyclic) bond motifs is 1. The number of anilines is 1. The molecule has 0 aliphatic carbocycles. The minimum Gasteiger partial charge on any atom is -0.365 e. The van der Waals surface area contributed by atoms with Crippen molar-refractivity contribution < 1.29 is 0 Å². The molecule has 2 fully saturated rings. The average molecular weight is 324 g/mol. The zero-order valence-corrected chi connectivity index (χ0v) is 14.1. The van der Waals surface area contributed by atoms with E-state index in [2.05, 4.69) is 21.9 Å². The fourth-order valence-corrected chi connectivity index (χ4v) is 4.17. The van der Waals surface area contributed by atoms with Crippen LogP contribution in [0.1, 0.15) is 18.4 Å². The number of hydrogen-bond acceptors (Lipinski definition) is 4. The Bertz CT molecular complexity index is 757. The second-order valence-corrected chi connectivity index (χ2v) is 7.08. The molecular formula is C19H24N4O. The predicted octanol–water partition coefficient (Wildman–Crippen LogP) is 1.82. The van der Waals surface area contributed by atoms with Gasteiger partial charge in [0.05, 0.1) is 18.4 Å². The number of rotatable bonds is 3. The second-order valence-electron chi connectivity index (χ2n) is 7.08. The number of nitrogens with zero attached hydrogens (tertiary/aromatic N) is 4. The van der Waals surface area contributed by atoms with Crippen LogP contribution in [0.4, 0.5) is 5.69 Å². The van der Waals surface area contributed by atoms with E-state index in [1.165, 1.54) is 19.4 Å². The number of aromatic nitrogens is 2. The third-order valence-electron chi connectivity index (χ3n) is 5.33. The summed E-state index contributed by atoms with van der Waals surface area (Å²) >= 11 is 0. The molecule has 3 heterocycles. The lowest BCUT2D eigenvalue weighted by molar-refractivity contribution is 0.370. The van der Waals surface area contributed by atoms with Crippen LogP contribution in [0.25, 0.3) is 0 Å². The Morgan fingerprint density at radius 2 is 2.04 bits per heavy atom. The van der Waals surface area contributed by atoms with Crippen molar-refractivity contribution in [1.82, 2.24) is 14.7 Å². The first-order chi connectivity index (χ1) is 11.7. The van der Waals surface area contributed by atoms with Gasteiger partial charge in [-0.05, 0) is 31.4 Å². The van der Waals surface area contributed by atoms with E-state index in [1.807, 2.05) is 36.5 Å². The number of benzene rings is 1. The van der Waals surface area contributed by atoms with E-state index in [9.17, 15) is 4.79 Å². The van der Waals surface area contributed by atoms with Gasteiger partial charge in [0.2, 0.25) is 0 Å². The summed E-state index contributed by atoms with van der Waals surface area (Å²) in [6.45, 7) is 3.80. The van der Waals surface area contributed by atoms with E-state index in [0.717, 1.165) is 30.3 Å². The molecule has 5 heteroatoms. The molecule has 2 aliphatic rings. The first-order valence-electron chi connectivity index (χ1n) is 8.77. The molecule has 0 spiro atoms. The van der Waals surface area contributed by atoms with Crippen molar-refractivity contribution in [2.24, 2.45) is 5.92 Å². The van der Waals surface area contributed by atoms with Crippen LogP contribution in [-0.4, -0.2) is 47.4 Å². The molecule has 2 saturated heterocycles. The molecule has 0 radical (unpaired) electrons. The van der Waals surface area contributed by atoms with Gasteiger partial charge in [-0.3, -0.25) is 4.79 Å². The Labute approximate surface area is 142 Å². The van der Waals surface area contributed by atoms with Crippen molar-refractivity contribution in [2.75, 3.05) is 31.6 Å². The zero-order valence-electron chi connectivity index (χ0n) is 14.1. The molecule has 4 rings (SSSR count). The number of piperidine rings is 1. The Kier molecular flexibility index (Phi) is 4.10. The molecule has 1 aromatic carbocycles. The van der Waals surface area contributed by atoms with Crippen LogP contribution >= 0.6 is 0 Å². The van der Waals surface area contributed by atoms with Gasteiger partial charge in [0.1, 0.15) is 0 Å². The van der Waals surface area contributed by atoms with E-state index in [4.69, 9.17) is 0 Å². The van der Waals surface area contributed by atoms with Gasteiger partial charge in [-0.25, -0.2) is 4.68 Å². The predicted molar refractivity (Wildman–Crippen MR) is 95.4 cm³/mol. The Balaban J connectivity index is 1.56. The standard InChI is InChI=1S/C19H24N4O/c1-21-13-16-8-5-9-22(18(16)14-21)17-10-19(24)23(20-11-17)12-15-6-3-2-4-7-15/h2-4,6-7,10-11,16,18H,5,8-9,12-14H2,1H3/t16-,18+/m0/s1. The van der Waals surface area contributed by atoms with Gasteiger partial charge in [-0.1, -0.05) is 30.3 Å². The molecule has 2 atom stereocenters. The van der Waals surface area contributed by atoms with E-state index in [-0.39, 0.29) is 5.56 Å². The van der Waals surface area contributed by atoms with Gasteiger partial charge in [0, 0.05) is 31.7 Å². The lowest BCUT2D eigenvalue weighted by Crippen LogP contribution is -2.45. The molecule has 0 amide bonds. The molecule has 0 saturated carbocycles. The maximum Gasteiger partial charge on any atom is 0.269 e. The minimum atomic E-state index is -0.0233. The highest BCUT2D eigenvalue weighted by molar-refractivity contribution is 5.45. The van der Waals surface area contributed by atoms with Gasteiger partial charge in [-0.2, -0.15) is 5.10 Å². The van der Waals surface area contributed by atoms with Crippen LogP contribution in [0.3, 0.4) is 0 Å². The van der Waals surface area contributed by atoms with E-state index in [1.54, 1.807) is 10.7 Å². The topological polar surface area (TPSA) is 41.4 Å². The van der Waals surface area contributed by atoms with Crippen LogP contribution in [0.5, 0.6) is 0 Å². The quantitative estimate of drug-likeness (QED) is 0.864. The van der Waals surface area contributed by atoms with Crippen LogP contribution < -0.4 is 10.5 Å². The minimum absolute atomic E-state index is 0.0233. The van der Waals surface area contributed by atoms with Crippen molar-refractivity contribution in [1.29, 1.82) is 0 Å². The summed E-state index contributed by atoms with van der Waals surface area (Å²) < 4.78 is 1.54. The molecule has 24 heavy (non-hydrogen) atoms. The fourth-order valence-electron chi connectivity index (χ4n) is 4.17.